The Morgan fingerprint density at radius 2 is 1.43 bits per heavy atom. The highest BCUT2D eigenvalue weighted by Gasteiger charge is 2.36. The van der Waals surface area contributed by atoms with Gasteiger partial charge in [-0.15, -0.1) is 0 Å². The summed E-state index contributed by atoms with van der Waals surface area (Å²) in [6.07, 6.45) is 0.468. The summed E-state index contributed by atoms with van der Waals surface area (Å²) in [7, 11) is 1.09. The fourth-order valence-corrected chi connectivity index (χ4v) is 1.85. The average Bonchev–Trinajstić information content (AvgIpc) is 2.69. The molecule has 0 saturated heterocycles. The molecule has 0 radical (unpaired) electrons. The van der Waals surface area contributed by atoms with Crippen LogP contribution in [0.25, 0.3) is 0 Å². The van der Waals surface area contributed by atoms with Crippen molar-refractivity contribution in [3.8, 4) is 0 Å². The molecule has 3 N–H and O–H groups in total. The zero-order valence-electron chi connectivity index (χ0n) is 11.2. The first-order valence-electron chi connectivity index (χ1n) is 5.83. The molecular formula is C12H13NO8. The molecule has 0 bridgehead atoms. The van der Waals surface area contributed by atoms with Crippen LogP contribution in [-0.4, -0.2) is 50.4 Å². The predicted octanol–water partition coefficient (Wildman–Crippen LogP) is 0.686. The number of carbonyl (C=O) groups is 4. The van der Waals surface area contributed by atoms with Crippen molar-refractivity contribution in [3.05, 3.63) is 22.5 Å². The van der Waals surface area contributed by atoms with Crippen molar-refractivity contribution in [1.82, 2.24) is 4.57 Å². The summed E-state index contributed by atoms with van der Waals surface area (Å²) in [6, 6.07) is 0. The van der Waals surface area contributed by atoms with Crippen molar-refractivity contribution in [2.45, 2.75) is 13.3 Å². The molecule has 0 fully saturated rings. The maximum atomic E-state index is 11.9. The lowest BCUT2D eigenvalue weighted by Crippen LogP contribution is -2.16. The molecule has 1 aromatic heterocycles. The predicted molar refractivity (Wildman–Crippen MR) is 66.9 cm³/mol. The molecule has 0 amide bonds. The summed E-state index contributed by atoms with van der Waals surface area (Å²) in [5.74, 6) is -6.23. The number of hydrogen-bond acceptors (Lipinski definition) is 5. The van der Waals surface area contributed by atoms with E-state index in [0.29, 0.717) is 11.0 Å². The van der Waals surface area contributed by atoms with Gasteiger partial charge in [-0.3, -0.25) is 0 Å². The lowest BCUT2D eigenvalue weighted by molar-refractivity contribution is 0.0483. The van der Waals surface area contributed by atoms with Crippen LogP contribution in [0, 0.1) is 0 Å². The molecule has 9 nitrogen and oxygen atoms in total. The van der Waals surface area contributed by atoms with Crippen LogP contribution in [0.4, 0.5) is 0 Å². The number of carboxylic acid groups (broad SMARTS) is 3. The third-order valence-corrected chi connectivity index (χ3v) is 2.66. The van der Waals surface area contributed by atoms with Crippen LogP contribution < -0.4 is 0 Å². The number of carboxylic acids is 3. The van der Waals surface area contributed by atoms with Gasteiger partial charge in [-0.1, -0.05) is 6.92 Å². The second-order valence-electron chi connectivity index (χ2n) is 4.06. The second-order valence-corrected chi connectivity index (χ2v) is 4.06. The summed E-state index contributed by atoms with van der Waals surface area (Å²) in [6.45, 7) is 1.70. The summed E-state index contributed by atoms with van der Waals surface area (Å²) >= 11 is 0. The zero-order valence-corrected chi connectivity index (χ0v) is 11.2. The molecule has 9 heteroatoms. The number of esters is 1. The Balaban J connectivity index is 3.67. The van der Waals surface area contributed by atoms with E-state index in [1.54, 1.807) is 6.92 Å². The van der Waals surface area contributed by atoms with Crippen molar-refractivity contribution >= 4 is 23.9 Å². The quantitative estimate of drug-likeness (QED) is 0.651. The standard InChI is InChI=1S/C12H13NO8/c1-3-4-21-12(20)8-6(10(16)17)5(9(14)15)7(11(18)19)13(8)2/h3-4H2,1-2H3,(H,14,15)(H,16,17)(H,18,19). The van der Waals surface area contributed by atoms with Gasteiger partial charge in [0.05, 0.1) is 6.61 Å². The van der Waals surface area contributed by atoms with E-state index in [1.165, 1.54) is 0 Å². The van der Waals surface area contributed by atoms with Crippen LogP contribution in [-0.2, 0) is 11.8 Å². The molecule has 0 aliphatic carbocycles. The molecule has 0 aromatic carbocycles. The van der Waals surface area contributed by atoms with Gasteiger partial charge in [-0.05, 0) is 6.42 Å². The number of aromatic carboxylic acids is 3. The lowest BCUT2D eigenvalue weighted by atomic mass is 10.1. The van der Waals surface area contributed by atoms with Gasteiger partial charge in [0.25, 0.3) is 0 Å². The molecule has 0 aliphatic heterocycles. The van der Waals surface area contributed by atoms with E-state index in [1.807, 2.05) is 0 Å². The molecule has 1 rings (SSSR count). The van der Waals surface area contributed by atoms with E-state index in [0.717, 1.165) is 7.05 Å². The van der Waals surface area contributed by atoms with Gasteiger partial charge in [0.2, 0.25) is 0 Å². The van der Waals surface area contributed by atoms with Crippen molar-refractivity contribution in [3.63, 3.8) is 0 Å². The van der Waals surface area contributed by atoms with Crippen molar-refractivity contribution < 1.29 is 39.2 Å². The Bertz CT molecular complexity index is 628. The van der Waals surface area contributed by atoms with Gasteiger partial charge in [0, 0.05) is 7.05 Å². The smallest absolute Gasteiger partial charge is 0.355 e. The molecule has 0 atom stereocenters. The highest BCUT2D eigenvalue weighted by molar-refractivity contribution is 6.14. The van der Waals surface area contributed by atoms with E-state index < -0.39 is 46.4 Å². The monoisotopic (exact) mass is 299 g/mol. The Kier molecular flexibility index (Phi) is 4.69. The maximum Gasteiger partial charge on any atom is 0.355 e. The number of carbonyl (C=O) groups excluding carboxylic acids is 1. The first-order chi connectivity index (χ1) is 9.73. The van der Waals surface area contributed by atoms with Crippen molar-refractivity contribution in [2.24, 2.45) is 7.05 Å². The van der Waals surface area contributed by atoms with Gasteiger partial charge < -0.3 is 24.6 Å². The molecule has 0 unspecified atom stereocenters. The SMILES string of the molecule is CCCOC(=O)c1c(C(=O)O)c(C(=O)O)c(C(=O)O)n1C. The van der Waals surface area contributed by atoms with Crippen molar-refractivity contribution in [2.75, 3.05) is 6.61 Å². The van der Waals surface area contributed by atoms with Crippen LogP contribution in [0.1, 0.15) is 55.0 Å². The molecule has 0 spiro atoms. The number of hydrogen-bond donors (Lipinski definition) is 3. The average molecular weight is 299 g/mol. The first-order valence-corrected chi connectivity index (χ1v) is 5.83. The normalized spacial score (nSPS) is 10.2. The van der Waals surface area contributed by atoms with Crippen LogP contribution in [0.15, 0.2) is 0 Å². The number of rotatable bonds is 6. The molecule has 21 heavy (non-hydrogen) atoms. The van der Waals surface area contributed by atoms with E-state index in [-0.39, 0.29) is 6.61 Å². The Labute approximate surface area is 118 Å². The third kappa shape index (κ3) is 2.86. The summed E-state index contributed by atoms with van der Waals surface area (Å²) in [4.78, 5) is 45.4. The van der Waals surface area contributed by atoms with E-state index in [4.69, 9.17) is 20.1 Å². The highest BCUT2D eigenvalue weighted by atomic mass is 16.5. The summed E-state index contributed by atoms with van der Waals surface area (Å²) in [5.41, 5.74) is -3.28. The van der Waals surface area contributed by atoms with Crippen molar-refractivity contribution in [1.29, 1.82) is 0 Å². The highest BCUT2D eigenvalue weighted by Crippen LogP contribution is 2.24. The van der Waals surface area contributed by atoms with Gasteiger partial charge in [0.15, 0.2) is 0 Å². The minimum absolute atomic E-state index is 0.00607. The number of aromatic nitrogens is 1. The van der Waals surface area contributed by atoms with Crippen LogP contribution in [0.2, 0.25) is 0 Å². The zero-order chi connectivity index (χ0) is 16.3. The molecule has 114 valence electrons. The van der Waals surface area contributed by atoms with Gasteiger partial charge in [0.1, 0.15) is 22.5 Å². The summed E-state index contributed by atoms with van der Waals surface area (Å²) < 4.78 is 5.47. The Hall–Kier alpha value is -2.84. The minimum Gasteiger partial charge on any atom is -0.478 e. The summed E-state index contributed by atoms with van der Waals surface area (Å²) in [5, 5.41) is 27.2. The van der Waals surface area contributed by atoms with Gasteiger partial charge >= 0.3 is 23.9 Å². The molecule has 0 aliphatic rings. The minimum atomic E-state index is -1.75. The molecule has 1 aromatic rings. The maximum absolute atomic E-state index is 11.9. The Morgan fingerprint density at radius 3 is 1.81 bits per heavy atom. The van der Waals surface area contributed by atoms with Gasteiger partial charge in [-0.25, -0.2) is 19.2 Å². The Morgan fingerprint density at radius 1 is 0.952 bits per heavy atom. The lowest BCUT2D eigenvalue weighted by Gasteiger charge is -2.06. The van der Waals surface area contributed by atoms with E-state index in [9.17, 15) is 19.2 Å². The van der Waals surface area contributed by atoms with Gasteiger partial charge in [-0.2, -0.15) is 0 Å². The fraction of sp³-hybridized carbons (Fsp3) is 0.333. The largest absolute Gasteiger partial charge is 0.478 e. The molecule has 0 saturated carbocycles. The third-order valence-electron chi connectivity index (χ3n) is 2.66. The van der Waals surface area contributed by atoms with Crippen LogP contribution >= 0.6 is 0 Å². The van der Waals surface area contributed by atoms with Crippen LogP contribution in [0.5, 0.6) is 0 Å². The second kappa shape index (κ2) is 6.07. The first kappa shape index (κ1) is 16.2. The molecular weight excluding hydrogens is 286 g/mol. The van der Waals surface area contributed by atoms with Crippen LogP contribution in [0.3, 0.4) is 0 Å². The number of ether oxygens (including phenoxy) is 1. The molecule has 1 heterocycles. The van der Waals surface area contributed by atoms with E-state index in [2.05, 4.69) is 0 Å². The number of nitrogens with zero attached hydrogens (tertiary/aromatic N) is 1. The topological polar surface area (TPSA) is 143 Å². The van der Waals surface area contributed by atoms with E-state index >= 15 is 0 Å². The fourth-order valence-electron chi connectivity index (χ4n) is 1.85.